The molecule has 2 heteroatoms. The minimum atomic E-state index is 0.783. The first kappa shape index (κ1) is 11.9. The van der Waals surface area contributed by atoms with Crippen molar-refractivity contribution in [2.75, 3.05) is 12.3 Å². The molecule has 98 valence electrons. The molecule has 2 fully saturated rings. The number of fused-ring (bicyclic) bond motifs is 2. The molecule has 2 aliphatic rings. The first-order chi connectivity index (χ1) is 8.63. The molecule has 0 radical (unpaired) electrons. The average Bonchev–Trinajstić information content (AvgIpc) is 2.94. The van der Waals surface area contributed by atoms with Gasteiger partial charge in [-0.15, -0.1) is 0 Å². The van der Waals surface area contributed by atoms with Crippen LogP contribution in [-0.2, 0) is 0 Å². The molecule has 1 aromatic rings. The van der Waals surface area contributed by atoms with Crippen LogP contribution < -0.4 is 10.5 Å². The fourth-order valence-corrected chi connectivity index (χ4v) is 3.78. The summed E-state index contributed by atoms with van der Waals surface area (Å²) in [6, 6.07) is 4.10. The highest BCUT2D eigenvalue weighted by atomic mass is 16.5. The van der Waals surface area contributed by atoms with E-state index in [0.717, 1.165) is 41.4 Å². The highest BCUT2D eigenvalue weighted by Gasteiger charge is 2.39. The number of nitrogen functional groups attached to an aromatic ring is 1. The Morgan fingerprint density at radius 3 is 2.67 bits per heavy atom. The van der Waals surface area contributed by atoms with E-state index in [0.29, 0.717) is 0 Å². The molecule has 3 unspecified atom stereocenters. The monoisotopic (exact) mass is 245 g/mol. The molecule has 0 aromatic heterocycles. The van der Waals surface area contributed by atoms with Crippen molar-refractivity contribution in [2.45, 2.75) is 39.5 Å². The van der Waals surface area contributed by atoms with Gasteiger partial charge in [0.2, 0.25) is 0 Å². The van der Waals surface area contributed by atoms with Crippen LogP contribution in [0, 0.1) is 31.6 Å². The van der Waals surface area contributed by atoms with Crippen LogP contribution in [0.25, 0.3) is 0 Å². The fourth-order valence-electron chi connectivity index (χ4n) is 3.78. The van der Waals surface area contributed by atoms with E-state index in [4.69, 9.17) is 10.5 Å². The van der Waals surface area contributed by atoms with E-state index in [1.807, 2.05) is 13.0 Å². The smallest absolute Gasteiger partial charge is 0.124 e. The minimum absolute atomic E-state index is 0.783. The topological polar surface area (TPSA) is 35.2 Å². The zero-order valence-electron chi connectivity index (χ0n) is 11.4. The van der Waals surface area contributed by atoms with Gasteiger partial charge in [0, 0.05) is 11.8 Å². The van der Waals surface area contributed by atoms with E-state index < -0.39 is 0 Å². The first-order valence-corrected chi connectivity index (χ1v) is 7.13. The Morgan fingerprint density at radius 1 is 1.17 bits per heavy atom. The summed E-state index contributed by atoms with van der Waals surface area (Å²) in [5.74, 6) is 3.68. The van der Waals surface area contributed by atoms with E-state index in [-0.39, 0.29) is 0 Å². The molecule has 0 spiro atoms. The summed E-state index contributed by atoms with van der Waals surface area (Å²) in [4.78, 5) is 0. The van der Waals surface area contributed by atoms with Crippen LogP contribution in [0.1, 0.15) is 36.8 Å². The lowest BCUT2D eigenvalue weighted by atomic mass is 9.89. The maximum atomic E-state index is 6.03. The summed E-state index contributed by atoms with van der Waals surface area (Å²) in [5.41, 5.74) is 9.13. The molecule has 2 saturated carbocycles. The van der Waals surface area contributed by atoms with E-state index in [9.17, 15) is 0 Å². The van der Waals surface area contributed by atoms with Crippen LogP contribution in [0.15, 0.2) is 12.1 Å². The molecular weight excluding hydrogens is 222 g/mol. The lowest BCUT2D eigenvalue weighted by molar-refractivity contribution is 0.194. The number of ether oxygens (including phenoxy) is 1. The average molecular weight is 245 g/mol. The maximum absolute atomic E-state index is 6.03. The van der Waals surface area contributed by atoms with Gasteiger partial charge in [0.15, 0.2) is 0 Å². The van der Waals surface area contributed by atoms with Crippen molar-refractivity contribution in [1.29, 1.82) is 0 Å². The van der Waals surface area contributed by atoms with Gasteiger partial charge < -0.3 is 10.5 Å². The Labute approximate surface area is 110 Å². The number of hydrogen-bond donors (Lipinski definition) is 1. The van der Waals surface area contributed by atoms with Gasteiger partial charge in [0.25, 0.3) is 0 Å². The third-order valence-corrected chi connectivity index (χ3v) is 4.90. The molecule has 3 atom stereocenters. The Bertz CT molecular complexity index is 455. The standard InChI is InChI=1S/C16H23NO/c1-10-5-11(2)16(8-15(10)17)18-9-14-7-12-3-4-13(14)6-12/h5,8,12-14H,3-4,6-7,9,17H2,1-2H3. The summed E-state index contributed by atoms with van der Waals surface area (Å²) in [5, 5.41) is 0. The van der Waals surface area contributed by atoms with Crippen LogP contribution >= 0.6 is 0 Å². The van der Waals surface area contributed by atoms with Crippen LogP contribution in [-0.4, -0.2) is 6.61 Å². The zero-order valence-corrected chi connectivity index (χ0v) is 11.4. The lowest BCUT2D eigenvalue weighted by Gasteiger charge is -2.22. The second-order valence-electron chi connectivity index (χ2n) is 6.22. The van der Waals surface area contributed by atoms with Crippen molar-refractivity contribution in [3.05, 3.63) is 23.3 Å². The van der Waals surface area contributed by atoms with Gasteiger partial charge in [-0.25, -0.2) is 0 Å². The number of aryl methyl sites for hydroxylation is 2. The van der Waals surface area contributed by atoms with Gasteiger partial charge in [-0.3, -0.25) is 0 Å². The molecular formula is C16H23NO. The van der Waals surface area contributed by atoms with Crippen molar-refractivity contribution in [2.24, 2.45) is 17.8 Å². The highest BCUT2D eigenvalue weighted by Crippen LogP contribution is 2.48. The molecule has 2 aliphatic carbocycles. The third kappa shape index (κ3) is 2.09. The summed E-state index contributed by atoms with van der Waals surface area (Å²) in [7, 11) is 0. The second-order valence-corrected chi connectivity index (χ2v) is 6.22. The number of anilines is 1. The summed E-state index contributed by atoms with van der Waals surface area (Å²) < 4.78 is 6.03. The van der Waals surface area contributed by atoms with Crippen LogP contribution in [0.4, 0.5) is 5.69 Å². The predicted octanol–water partition coefficient (Wildman–Crippen LogP) is 3.70. The Morgan fingerprint density at radius 2 is 2.00 bits per heavy atom. The Hall–Kier alpha value is -1.18. The predicted molar refractivity (Wildman–Crippen MR) is 74.8 cm³/mol. The van der Waals surface area contributed by atoms with E-state index in [1.54, 1.807) is 0 Å². The van der Waals surface area contributed by atoms with Gasteiger partial charge in [-0.2, -0.15) is 0 Å². The normalized spacial score (nSPS) is 29.8. The number of nitrogens with two attached hydrogens (primary N) is 1. The maximum Gasteiger partial charge on any atom is 0.124 e. The quantitative estimate of drug-likeness (QED) is 0.824. The van der Waals surface area contributed by atoms with Crippen LogP contribution in [0.3, 0.4) is 0 Å². The number of benzene rings is 1. The van der Waals surface area contributed by atoms with Crippen molar-refractivity contribution >= 4 is 5.69 Å². The van der Waals surface area contributed by atoms with Gasteiger partial charge in [-0.05, 0) is 62.0 Å². The van der Waals surface area contributed by atoms with Crippen molar-refractivity contribution < 1.29 is 4.74 Å². The third-order valence-electron chi connectivity index (χ3n) is 4.90. The van der Waals surface area contributed by atoms with Gasteiger partial charge in [0.05, 0.1) is 6.61 Å². The van der Waals surface area contributed by atoms with E-state index in [2.05, 4.69) is 13.0 Å². The van der Waals surface area contributed by atoms with Crippen LogP contribution in [0.5, 0.6) is 5.75 Å². The molecule has 2 N–H and O–H groups in total. The SMILES string of the molecule is Cc1cc(C)c(OCC2CC3CCC2C3)cc1N. The molecule has 0 saturated heterocycles. The molecule has 3 rings (SSSR count). The molecule has 0 amide bonds. The molecule has 2 nitrogen and oxygen atoms in total. The zero-order chi connectivity index (χ0) is 12.7. The molecule has 18 heavy (non-hydrogen) atoms. The number of rotatable bonds is 3. The van der Waals surface area contributed by atoms with Gasteiger partial charge >= 0.3 is 0 Å². The Balaban J connectivity index is 1.65. The van der Waals surface area contributed by atoms with Crippen molar-refractivity contribution in [3.63, 3.8) is 0 Å². The first-order valence-electron chi connectivity index (χ1n) is 7.13. The van der Waals surface area contributed by atoms with Gasteiger partial charge in [-0.1, -0.05) is 12.5 Å². The second kappa shape index (κ2) is 4.49. The highest BCUT2D eigenvalue weighted by molar-refractivity contribution is 5.54. The van der Waals surface area contributed by atoms with Crippen molar-refractivity contribution in [1.82, 2.24) is 0 Å². The Kier molecular flexibility index (Phi) is 2.96. The van der Waals surface area contributed by atoms with Crippen LogP contribution in [0.2, 0.25) is 0 Å². The van der Waals surface area contributed by atoms with Crippen molar-refractivity contribution in [3.8, 4) is 5.75 Å². The molecule has 0 aliphatic heterocycles. The number of hydrogen-bond acceptors (Lipinski definition) is 2. The van der Waals surface area contributed by atoms with Gasteiger partial charge in [0.1, 0.15) is 5.75 Å². The van der Waals surface area contributed by atoms with E-state index >= 15 is 0 Å². The molecule has 0 heterocycles. The molecule has 1 aromatic carbocycles. The minimum Gasteiger partial charge on any atom is -0.493 e. The fraction of sp³-hybridized carbons (Fsp3) is 0.625. The summed E-state index contributed by atoms with van der Waals surface area (Å²) >= 11 is 0. The molecule has 2 bridgehead atoms. The lowest BCUT2D eigenvalue weighted by Crippen LogP contribution is -2.18. The largest absolute Gasteiger partial charge is 0.493 e. The summed E-state index contributed by atoms with van der Waals surface area (Å²) in [6.07, 6.45) is 5.71. The summed E-state index contributed by atoms with van der Waals surface area (Å²) in [6.45, 7) is 5.02. The van der Waals surface area contributed by atoms with E-state index in [1.165, 1.54) is 31.2 Å².